The molecule has 1 aromatic heterocycles. The Labute approximate surface area is 84.9 Å². The van der Waals surface area contributed by atoms with Gasteiger partial charge < -0.3 is 9.73 Å². The van der Waals surface area contributed by atoms with E-state index in [2.05, 4.69) is 24.1 Å². The summed E-state index contributed by atoms with van der Waals surface area (Å²) in [5.41, 5.74) is 0. The van der Waals surface area contributed by atoms with Crippen molar-refractivity contribution in [2.45, 2.75) is 38.5 Å². The van der Waals surface area contributed by atoms with Crippen LogP contribution in [0.25, 0.3) is 0 Å². The highest BCUT2D eigenvalue weighted by Gasteiger charge is 2.20. The van der Waals surface area contributed by atoms with Gasteiger partial charge in [-0.3, -0.25) is 0 Å². The molecule has 0 aromatic carbocycles. The average molecular weight is 194 g/mol. The first-order chi connectivity index (χ1) is 6.77. The van der Waals surface area contributed by atoms with Crippen molar-refractivity contribution in [3.05, 3.63) is 17.8 Å². The SMILES string of the molecule is CC(C)c1cnc(C2CCCNC2)o1. The predicted molar refractivity (Wildman–Crippen MR) is 55.4 cm³/mol. The van der Waals surface area contributed by atoms with Crippen LogP contribution in [0.15, 0.2) is 10.6 Å². The molecule has 1 N–H and O–H groups in total. The Balaban J connectivity index is 2.07. The highest BCUT2D eigenvalue weighted by Crippen LogP contribution is 2.25. The van der Waals surface area contributed by atoms with Gasteiger partial charge in [-0.25, -0.2) is 4.98 Å². The van der Waals surface area contributed by atoms with Crippen molar-refractivity contribution in [3.63, 3.8) is 0 Å². The van der Waals surface area contributed by atoms with Gasteiger partial charge in [-0.05, 0) is 19.4 Å². The zero-order valence-electron chi connectivity index (χ0n) is 8.92. The number of hydrogen-bond acceptors (Lipinski definition) is 3. The first kappa shape index (κ1) is 9.71. The van der Waals surface area contributed by atoms with Crippen LogP contribution in [0.5, 0.6) is 0 Å². The largest absolute Gasteiger partial charge is 0.445 e. The van der Waals surface area contributed by atoms with E-state index in [-0.39, 0.29) is 0 Å². The van der Waals surface area contributed by atoms with Crippen molar-refractivity contribution in [3.8, 4) is 0 Å². The van der Waals surface area contributed by atoms with E-state index in [4.69, 9.17) is 4.42 Å². The number of piperidine rings is 1. The number of nitrogens with zero attached hydrogens (tertiary/aromatic N) is 1. The molecule has 0 radical (unpaired) electrons. The topological polar surface area (TPSA) is 38.1 Å². The van der Waals surface area contributed by atoms with Gasteiger partial charge in [-0.15, -0.1) is 0 Å². The molecular formula is C11H18N2O. The second kappa shape index (κ2) is 4.13. The van der Waals surface area contributed by atoms with Gasteiger partial charge in [-0.1, -0.05) is 13.8 Å². The van der Waals surface area contributed by atoms with Crippen LogP contribution in [0, 0.1) is 0 Å². The van der Waals surface area contributed by atoms with E-state index in [0.717, 1.165) is 24.7 Å². The van der Waals surface area contributed by atoms with Gasteiger partial charge in [0.2, 0.25) is 0 Å². The maximum absolute atomic E-state index is 5.73. The van der Waals surface area contributed by atoms with Gasteiger partial charge in [0.1, 0.15) is 5.76 Å². The normalized spacial score (nSPS) is 22.9. The smallest absolute Gasteiger partial charge is 0.198 e. The molecule has 3 heteroatoms. The van der Waals surface area contributed by atoms with Crippen LogP contribution < -0.4 is 5.32 Å². The highest BCUT2D eigenvalue weighted by molar-refractivity contribution is 5.03. The number of oxazole rings is 1. The summed E-state index contributed by atoms with van der Waals surface area (Å²) in [5.74, 6) is 2.84. The fraction of sp³-hybridized carbons (Fsp3) is 0.727. The first-order valence-electron chi connectivity index (χ1n) is 5.43. The van der Waals surface area contributed by atoms with Crippen LogP contribution in [-0.2, 0) is 0 Å². The molecule has 0 aliphatic carbocycles. The zero-order valence-corrected chi connectivity index (χ0v) is 8.92. The molecule has 3 nitrogen and oxygen atoms in total. The number of nitrogens with one attached hydrogen (secondary N) is 1. The number of hydrogen-bond donors (Lipinski definition) is 1. The van der Waals surface area contributed by atoms with Crippen LogP contribution in [0.4, 0.5) is 0 Å². The molecule has 1 aliphatic rings. The second-order valence-corrected chi connectivity index (χ2v) is 4.30. The third kappa shape index (κ3) is 1.98. The fourth-order valence-corrected chi connectivity index (χ4v) is 1.82. The summed E-state index contributed by atoms with van der Waals surface area (Å²) < 4.78 is 5.73. The molecule has 0 bridgehead atoms. The molecule has 1 saturated heterocycles. The molecular weight excluding hydrogens is 176 g/mol. The van der Waals surface area contributed by atoms with Crippen molar-refractivity contribution in [1.82, 2.24) is 10.3 Å². The van der Waals surface area contributed by atoms with Crippen LogP contribution in [-0.4, -0.2) is 18.1 Å². The third-order valence-electron chi connectivity index (χ3n) is 2.76. The minimum atomic E-state index is 0.438. The quantitative estimate of drug-likeness (QED) is 0.784. The summed E-state index contributed by atoms with van der Waals surface area (Å²) in [5, 5.41) is 3.37. The van der Waals surface area contributed by atoms with E-state index in [1.54, 1.807) is 0 Å². The molecule has 1 atom stereocenters. The van der Waals surface area contributed by atoms with E-state index >= 15 is 0 Å². The van der Waals surface area contributed by atoms with Crippen LogP contribution >= 0.6 is 0 Å². The molecule has 0 amide bonds. The molecule has 0 saturated carbocycles. The van der Waals surface area contributed by atoms with E-state index in [0.29, 0.717) is 11.8 Å². The van der Waals surface area contributed by atoms with Gasteiger partial charge in [0.15, 0.2) is 5.89 Å². The summed E-state index contributed by atoms with van der Waals surface area (Å²) >= 11 is 0. The van der Waals surface area contributed by atoms with Crippen molar-refractivity contribution in [1.29, 1.82) is 0 Å². The molecule has 1 unspecified atom stereocenters. The van der Waals surface area contributed by atoms with Crippen molar-refractivity contribution < 1.29 is 4.42 Å². The molecule has 1 fully saturated rings. The Hall–Kier alpha value is -0.830. The molecule has 14 heavy (non-hydrogen) atoms. The van der Waals surface area contributed by atoms with Crippen molar-refractivity contribution in [2.24, 2.45) is 0 Å². The lowest BCUT2D eigenvalue weighted by Crippen LogP contribution is -2.28. The Morgan fingerprint density at radius 2 is 2.43 bits per heavy atom. The third-order valence-corrected chi connectivity index (χ3v) is 2.76. The zero-order chi connectivity index (χ0) is 9.97. The Morgan fingerprint density at radius 1 is 1.57 bits per heavy atom. The van der Waals surface area contributed by atoms with Gasteiger partial charge in [0.05, 0.1) is 6.20 Å². The van der Waals surface area contributed by atoms with Crippen molar-refractivity contribution in [2.75, 3.05) is 13.1 Å². The van der Waals surface area contributed by atoms with Gasteiger partial charge in [0.25, 0.3) is 0 Å². The molecule has 78 valence electrons. The summed E-state index contributed by atoms with van der Waals surface area (Å²) in [6, 6.07) is 0. The van der Waals surface area contributed by atoms with E-state index < -0.39 is 0 Å². The molecule has 0 spiro atoms. The maximum Gasteiger partial charge on any atom is 0.198 e. The van der Waals surface area contributed by atoms with Crippen LogP contribution in [0.1, 0.15) is 50.2 Å². The Bertz CT molecular complexity index is 287. The maximum atomic E-state index is 5.73. The van der Waals surface area contributed by atoms with Crippen LogP contribution in [0.2, 0.25) is 0 Å². The van der Waals surface area contributed by atoms with Gasteiger partial charge in [-0.2, -0.15) is 0 Å². The molecule has 2 heterocycles. The Morgan fingerprint density at radius 3 is 3.00 bits per heavy atom. The highest BCUT2D eigenvalue weighted by atomic mass is 16.4. The lowest BCUT2D eigenvalue weighted by Gasteiger charge is -2.19. The lowest BCUT2D eigenvalue weighted by molar-refractivity contribution is 0.358. The van der Waals surface area contributed by atoms with Gasteiger partial charge >= 0.3 is 0 Å². The van der Waals surface area contributed by atoms with Crippen LogP contribution in [0.3, 0.4) is 0 Å². The van der Waals surface area contributed by atoms with E-state index in [9.17, 15) is 0 Å². The average Bonchev–Trinajstić information content (AvgIpc) is 2.68. The minimum absolute atomic E-state index is 0.438. The predicted octanol–water partition coefficient (Wildman–Crippen LogP) is 2.27. The fourth-order valence-electron chi connectivity index (χ4n) is 1.82. The summed E-state index contributed by atoms with van der Waals surface area (Å²) in [6.07, 6.45) is 4.30. The van der Waals surface area contributed by atoms with E-state index in [1.807, 2.05) is 6.20 Å². The molecule has 1 aliphatic heterocycles. The van der Waals surface area contributed by atoms with Crippen molar-refractivity contribution >= 4 is 0 Å². The standard InChI is InChI=1S/C11H18N2O/c1-8(2)10-7-13-11(14-10)9-4-3-5-12-6-9/h7-9,12H,3-6H2,1-2H3. The number of rotatable bonds is 2. The summed E-state index contributed by atoms with van der Waals surface area (Å²) in [7, 11) is 0. The Kier molecular flexibility index (Phi) is 2.87. The summed E-state index contributed by atoms with van der Waals surface area (Å²) in [6.45, 7) is 6.40. The molecule has 1 aromatic rings. The minimum Gasteiger partial charge on any atom is -0.445 e. The monoisotopic (exact) mass is 194 g/mol. The number of aromatic nitrogens is 1. The van der Waals surface area contributed by atoms with E-state index in [1.165, 1.54) is 12.8 Å². The lowest BCUT2D eigenvalue weighted by atomic mass is 10.00. The second-order valence-electron chi connectivity index (χ2n) is 4.30. The molecule has 2 rings (SSSR count). The first-order valence-corrected chi connectivity index (χ1v) is 5.43. The van der Waals surface area contributed by atoms with Gasteiger partial charge in [0, 0.05) is 18.4 Å². The summed E-state index contributed by atoms with van der Waals surface area (Å²) in [4.78, 5) is 4.35.